The van der Waals surface area contributed by atoms with E-state index in [2.05, 4.69) is 5.32 Å². The Morgan fingerprint density at radius 1 is 1.29 bits per heavy atom. The maximum atomic E-state index is 11.1. The van der Waals surface area contributed by atoms with Crippen LogP contribution in [0.25, 0.3) is 0 Å². The summed E-state index contributed by atoms with van der Waals surface area (Å²) in [5, 5.41) is 10.5. The van der Waals surface area contributed by atoms with Gasteiger partial charge >= 0.3 is 5.97 Å². The van der Waals surface area contributed by atoms with Crippen molar-refractivity contribution < 1.29 is 14.7 Å². The van der Waals surface area contributed by atoms with Gasteiger partial charge in [0.05, 0.1) is 6.42 Å². The third-order valence-electron chi connectivity index (χ3n) is 1.51. The van der Waals surface area contributed by atoms with Crippen molar-refractivity contribution in [3.05, 3.63) is 42.3 Å². The van der Waals surface area contributed by atoms with Crippen LogP contribution in [-0.2, 0) is 9.59 Å². The van der Waals surface area contributed by atoms with Crippen LogP contribution in [0.4, 0.5) is 0 Å². The molecule has 2 N–H and O–H groups in total. The maximum Gasteiger partial charge on any atom is 0.322 e. The van der Waals surface area contributed by atoms with Crippen molar-refractivity contribution in [2.75, 3.05) is 6.54 Å². The van der Waals surface area contributed by atoms with Crippen molar-refractivity contribution in [2.45, 2.75) is 0 Å². The van der Waals surface area contributed by atoms with Crippen molar-refractivity contribution >= 4 is 11.9 Å². The topological polar surface area (TPSA) is 66.4 Å². The molecule has 0 aliphatic heterocycles. The van der Waals surface area contributed by atoms with Crippen LogP contribution in [0.1, 0.15) is 5.56 Å². The molecule has 1 rings (SSSR count). The lowest BCUT2D eigenvalue weighted by Crippen LogP contribution is -2.29. The first-order valence-electron chi connectivity index (χ1n) is 4.08. The fraction of sp³-hybridized carbons (Fsp3) is 0.100. The van der Waals surface area contributed by atoms with Crippen LogP contribution in [-0.4, -0.2) is 23.5 Å². The molecular weight excluding hydrogens is 182 g/mol. The fourth-order valence-electron chi connectivity index (χ4n) is 0.914. The summed E-state index contributed by atoms with van der Waals surface area (Å²) in [7, 11) is 0. The van der Waals surface area contributed by atoms with Gasteiger partial charge in [-0.15, -0.1) is 0 Å². The van der Waals surface area contributed by atoms with Gasteiger partial charge in [-0.2, -0.15) is 0 Å². The van der Waals surface area contributed by atoms with Crippen molar-refractivity contribution in [1.82, 2.24) is 5.32 Å². The second-order valence-corrected chi connectivity index (χ2v) is 2.67. The molecule has 0 atom stereocenters. The lowest BCUT2D eigenvalue weighted by atomic mass is 10.1. The highest BCUT2D eigenvalue weighted by molar-refractivity contribution is 5.90. The Labute approximate surface area is 81.6 Å². The molecule has 0 aliphatic rings. The Kier molecular flexibility index (Phi) is 3.67. The molecule has 0 aliphatic carbocycles. The van der Waals surface area contributed by atoms with E-state index in [1.54, 1.807) is 24.3 Å². The highest BCUT2D eigenvalue weighted by atomic mass is 16.4. The molecule has 73 valence electrons. The van der Waals surface area contributed by atoms with E-state index in [0.29, 0.717) is 0 Å². The first-order valence-corrected chi connectivity index (χ1v) is 4.08. The molecule has 4 nitrogen and oxygen atoms in total. The van der Waals surface area contributed by atoms with Gasteiger partial charge in [-0.25, -0.2) is 0 Å². The van der Waals surface area contributed by atoms with E-state index in [1.165, 1.54) is 6.42 Å². The molecule has 0 saturated carbocycles. The van der Waals surface area contributed by atoms with Crippen LogP contribution < -0.4 is 5.32 Å². The number of aliphatic carboxylic acids is 1. The number of carboxylic acids is 1. The smallest absolute Gasteiger partial charge is 0.322 e. The van der Waals surface area contributed by atoms with Crippen molar-refractivity contribution in [3.8, 4) is 0 Å². The van der Waals surface area contributed by atoms with Crippen molar-refractivity contribution in [2.24, 2.45) is 0 Å². The summed E-state index contributed by atoms with van der Waals surface area (Å²) in [5.41, 5.74) is 0.746. The minimum Gasteiger partial charge on any atom is -0.480 e. The molecule has 1 amide bonds. The quantitative estimate of drug-likeness (QED) is 0.727. The minimum absolute atomic E-state index is 0.359. The molecule has 0 saturated heterocycles. The summed E-state index contributed by atoms with van der Waals surface area (Å²) in [5.74, 6) is -1.46. The van der Waals surface area contributed by atoms with Crippen molar-refractivity contribution in [1.29, 1.82) is 0 Å². The first-order chi connectivity index (χ1) is 6.68. The predicted molar refractivity (Wildman–Crippen MR) is 50.5 cm³/mol. The third kappa shape index (κ3) is 3.71. The standard InChI is InChI=1S/C10H10NO3/c12-9(11-7-10(13)14)6-8-4-2-1-3-5-8/h1-6H,7H2,(H,11,12)(H,13,14). The SMILES string of the molecule is O=C(O)CNC(=O)[CH]c1ccccc1. The van der Waals surface area contributed by atoms with Crippen LogP contribution in [0.15, 0.2) is 30.3 Å². The number of benzene rings is 1. The van der Waals surface area contributed by atoms with E-state index in [1.807, 2.05) is 6.07 Å². The highest BCUT2D eigenvalue weighted by Crippen LogP contribution is 2.00. The van der Waals surface area contributed by atoms with Gasteiger partial charge in [-0.05, 0) is 5.56 Å². The van der Waals surface area contributed by atoms with Crippen LogP contribution in [0.2, 0.25) is 0 Å². The predicted octanol–water partition coefficient (Wildman–Crippen LogP) is 0.440. The second-order valence-electron chi connectivity index (χ2n) is 2.67. The van der Waals surface area contributed by atoms with Gasteiger partial charge in [0, 0.05) is 0 Å². The van der Waals surface area contributed by atoms with E-state index >= 15 is 0 Å². The van der Waals surface area contributed by atoms with Gasteiger partial charge in [-0.1, -0.05) is 30.3 Å². The van der Waals surface area contributed by atoms with Gasteiger partial charge in [0.1, 0.15) is 6.54 Å². The summed E-state index contributed by atoms with van der Waals surface area (Å²) in [6.45, 7) is -0.359. The molecule has 0 fully saturated rings. The zero-order valence-corrected chi connectivity index (χ0v) is 7.43. The number of rotatable bonds is 4. The Morgan fingerprint density at radius 3 is 2.50 bits per heavy atom. The zero-order chi connectivity index (χ0) is 10.4. The Bertz CT molecular complexity index is 321. The van der Waals surface area contributed by atoms with E-state index in [4.69, 9.17) is 5.11 Å². The van der Waals surface area contributed by atoms with Gasteiger partial charge in [-0.3, -0.25) is 9.59 Å². The number of amides is 1. The zero-order valence-electron chi connectivity index (χ0n) is 7.43. The van der Waals surface area contributed by atoms with E-state index in [9.17, 15) is 9.59 Å². The average molecular weight is 192 g/mol. The van der Waals surface area contributed by atoms with E-state index in [0.717, 1.165) is 5.56 Å². The number of hydrogen-bond acceptors (Lipinski definition) is 2. The Morgan fingerprint density at radius 2 is 1.93 bits per heavy atom. The van der Waals surface area contributed by atoms with Crippen LogP contribution in [0.3, 0.4) is 0 Å². The molecule has 14 heavy (non-hydrogen) atoms. The average Bonchev–Trinajstić information content (AvgIpc) is 2.16. The second kappa shape index (κ2) is 5.01. The van der Waals surface area contributed by atoms with Crippen molar-refractivity contribution in [3.63, 3.8) is 0 Å². The molecule has 1 aromatic carbocycles. The maximum absolute atomic E-state index is 11.1. The number of carboxylic acid groups (broad SMARTS) is 1. The molecule has 0 bridgehead atoms. The molecule has 4 heteroatoms. The Balaban J connectivity index is 2.38. The third-order valence-corrected chi connectivity index (χ3v) is 1.51. The van der Waals surface area contributed by atoms with Gasteiger partial charge < -0.3 is 10.4 Å². The monoisotopic (exact) mass is 192 g/mol. The molecule has 0 heterocycles. The number of hydrogen-bond donors (Lipinski definition) is 2. The Hall–Kier alpha value is -1.84. The number of carbonyl (C=O) groups excluding carboxylic acids is 1. The molecule has 0 spiro atoms. The lowest BCUT2D eigenvalue weighted by Gasteiger charge is -2.01. The molecule has 1 radical (unpaired) electrons. The van der Waals surface area contributed by atoms with Gasteiger partial charge in [0.15, 0.2) is 0 Å². The van der Waals surface area contributed by atoms with E-state index in [-0.39, 0.29) is 6.54 Å². The largest absolute Gasteiger partial charge is 0.480 e. The fourth-order valence-corrected chi connectivity index (χ4v) is 0.914. The first kappa shape index (κ1) is 10.2. The van der Waals surface area contributed by atoms with Gasteiger partial charge in [0.25, 0.3) is 0 Å². The lowest BCUT2D eigenvalue weighted by molar-refractivity contribution is -0.137. The summed E-state index contributed by atoms with van der Waals surface area (Å²) in [4.78, 5) is 21.2. The number of nitrogens with one attached hydrogen (secondary N) is 1. The van der Waals surface area contributed by atoms with Crippen LogP contribution in [0.5, 0.6) is 0 Å². The summed E-state index contributed by atoms with van der Waals surface area (Å²) < 4.78 is 0. The molecule has 0 aromatic heterocycles. The molecular formula is C10H10NO3. The molecule has 0 unspecified atom stereocenters. The normalized spacial score (nSPS) is 9.43. The van der Waals surface area contributed by atoms with Crippen LogP contribution in [0, 0.1) is 6.42 Å². The summed E-state index contributed by atoms with van der Waals surface area (Å²) in [6, 6.07) is 8.97. The summed E-state index contributed by atoms with van der Waals surface area (Å²) >= 11 is 0. The van der Waals surface area contributed by atoms with E-state index < -0.39 is 11.9 Å². The highest BCUT2D eigenvalue weighted by Gasteiger charge is 2.04. The number of carbonyl (C=O) groups is 2. The van der Waals surface area contributed by atoms with Crippen LogP contribution >= 0.6 is 0 Å². The van der Waals surface area contributed by atoms with Gasteiger partial charge in [0.2, 0.25) is 5.91 Å². The summed E-state index contributed by atoms with van der Waals surface area (Å²) in [6.07, 6.45) is 1.35. The molecule has 1 aromatic rings. The minimum atomic E-state index is -1.06.